The highest BCUT2D eigenvalue weighted by Crippen LogP contribution is 2.28. The van der Waals surface area contributed by atoms with Gasteiger partial charge in [-0.1, -0.05) is 6.07 Å². The fourth-order valence-corrected chi connectivity index (χ4v) is 3.66. The van der Waals surface area contributed by atoms with Gasteiger partial charge in [-0.2, -0.15) is 0 Å². The molecule has 21 heavy (non-hydrogen) atoms. The summed E-state index contributed by atoms with van der Waals surface area (Å²) in [6.45, 7) is 2.13. The molecule has 0 aliphatic carbocycles. The first-order valence-corrected chi connectivity index (χ1v) is 9.41. The highest BCUT2D eigenvalue weighted by Gasteiger charge is 2.16. The number of rotatable bonds is 5. The Kier molecular flexibility index (Phi) is 4.58. The van der Waals surface area contributed by atoms with Crippen LogP contribution in [-0.4, -0.2) is 27.8 Å². The van der Waals surface area contributed by atoms with E-state index < -0.39 is 9.84 Å². The second-order valence-corrected chi connectivity index (χ2v) is 8.28. The number of anilines is 2. The third-order valence-corrected chi connectivity index (χ3v) is 5.55. The van der Waals surface area contributed by atoms with E-state index in [1.54, 1.807) is 23.5 Å². The monoisotopic (exact) mass is 324 g/mol. The van der Waals surface area contributed by atoms with Crippen molar-refractivity contribution in [3.05, 3.63) is 40.6 Å². The molecule has 2 rings (SSSR count). The van der Waals surface area contributed by atoms with Gasteiger partial charge in [-0.15, -0.1) is 11.3 Å². The minimum atomic E-state index is -3.23. The molecule has 0 aliphatic rings. The van der Waals surface area contributed by atoms with Crippen LogP contribution in [0.25, 0.3) is 0 Å². The molecule has 2 N–H and O–H groups in total. The fraction of sp³-hybridized carbons (Fsp3) is 0.333. The van der Waals surface area contributed by atoms with E-state index in [1.807, 2.05) is 13.1 Å². The molecule has 0 radical (unpaired) electrons. The van der Waals surface area contributed by atoms with E-state index in [9.17, 15) is 8.42 Å². The summed E-state index contributed by atoms with van der Waals surface area (Å²) in [7, 11) is -1.25. The number of thiophene rings is 1. The quantitative estimate of drug-likeness (QED) is 0.859. The first kappa shape index (κ1) is 15.9. The Morgan fingerprint density at radius 3 is 2.57 bits per heavy atom. The zero-order valence-electron chi connectivity index (χ0n) is 12.4. The average molecular weight is 324 g/mol. The Labute approximate surface area is 130 Å². The molecule has 1 aromatic heterocycles. The predicted octanol–water partition coefficient (Wildman–Crippen LogP) is 2.80. The second-order valence-electron chi connectivity index (χ2n) is 5.24. The molecule has 114 valence electrons. The van der Waals surface area contributed by atoms with E-state index in [0.717, 1.165) is 12.1 Å². The summed E-state index contributed by atoms with van der Waals surface area (Å²) in [6.07, 6.45) is 2.12. The summed E-state index contributed by atoms with van der Waals surface area (Å²) in [5, 5.41) is 2.07. The van der Waals surface area contributed by atoms with Gasteiger partial charge in [0, 0.05) is 30.6 Å². The van der Waals surface area contributed by atoms with Gasteiger partial charge in [0.2, 0.25) is 0 Å². The zero-order valence-corrected chi connectivity index (χ0v) is 14.0. The van der Waals surface area contributed by atoms with Gasteiger partial charge in [0.05, 0.1) is 16.3 Å². The molecule has 1 heterocycles. The highest BCUT2D eigenvalue weighted by molar-refractivity contribution is 7.90. The van der Waals surface area contributed by atoms with Crippen LogP contribution in [0.1, 0.15) is 11.8 Å². The number of hydrogen-bond acceptors (Lipinski definition) is 5. The maximum Gasteiger partial charge on any atom is 0.175 e. The molecule has 0 bridgehead atoms. The molecule has 1 aromatic carbocycles. The molecule has 0 aliphatic heterocycles. The number of nitrogen functional groups attached to an aromatic ring is 1. The molecule has 0 saturated heterocycles. The van der Waals surface area contributed by atoms with Gasteiger partial charge in [-0.25, -0.2) is 8.42 Å². The lowest BCUT2D eigenvalue weighted by Gasteiger charge is -2.28. The Hall–Kier alpha value is -1.53. The normalized spacial score (nSPS) is 13.1. The van der Waals surface area contributed by atoms with Crippen LogP contribution in [0.3, 0.4) is 0 Å². The topological polar surface area (TPSA) is 63.4 Å². The zero-order chi connectivity index (χ0) is 15.6. The third kappa shape index (κ3) is 3.77. The van der Waals surface area contributed by atoms with Crippen molar-refractivity contribution >= 4 is 32.5 Å². The van der Waals surface area contributed by atoms with Gasteiger partial charge >= 0.3 is 0 Å². The summed E-state index contributed by atoms with van der Waals surface area (Å²) in [6, 6.07) is 9.34. The van der Waals surface area contributed by atoms with Crippen LogP contribution in [0.2, 0.25) is 0 Å². The van der Waals surface area contributed by atoms with Crippen molar-refractivity contribution in [1.82, 2.24) is 0 Å². The summed E-state index contributed by atoms with van der Waals surface area (Å²) in [5.74, 6) is 0. The number of nitrogens with two attached hydrogens (primary N) is 1. The Bertz CT molecular complexity index is 709. The molecular formula is C15H20N2O2S2. The van der Waals surface area contributed by atoms with E-state index in [4.69, 9.17) is 5.73 Å². The summed E-state index contributed by atoms with van der Waals surface area (Å²) in [5.41, 5.74) is 7.36. The number of likely N-dealkylation sites (N-methyl/N-ethyl adjacent to an activating group) is 1. The summed E-state index contributed by atoms with van der Waals surface area (Å²) in [4.78, 5) is 3.66. The van der Waals surface area contributed by atoms with Crippen LogP contribution in [-0.2, 0) is 16.3 Å². The molecule has 2 aromatic rings. The number of hydrogen-bond donors (Lipinski definition) is 1. The van der Waals surface area contributed by atoms with Gasteiger partial charge in [0.25, 0.3) is 0 Å². The number of benzene rings is 1. The first-order valence-electron chi connectivity index (χ1n) is 6.64. The molecule has 1 unspecified atom stereocenters. The van der Waals surface area contributed by atoms with E-state index >= 15 is 0 Å². The van der Waals surface area contributed by atoms with Crippen LogP contribution in [0, 0.1) is 0 Å². The molecule has 1 atom stereocenters. The Morgan fingerprint density at radius 1 is 1.33 bits per heavy atom. The van der Waals surface area contributed by atoms with Gasteiger partial charge in [0.15, 0.2) is 9.84 Å². The van der Waals surface area contributed by atoms with E-state index in [1.165, 1.54) is 17.2 Å². The average Bonchev–Trinajstić information content (AvgIpc) is 2.89. The molecule has 0 spiro atoms. The molecule has 6 heteroatoms. The van der Waals surface area contributed by atoms with E-state index in [-0.39, 0.29) is 10.9 Å². The highest BCUT2D eigenvalue weighted by atomic mass is 32.2. The minimum Gasteiger partial charge on any atom is -0.397 e. The SMILES string of the molecule is CC(Cc1cccs1)N(C)c1ccc(S(C)(=O)=O)cc1N. The van der Waals surface area contributed by atoms with Crippen molar-refractivity contribution in [3.8, 4) is 0 Å². The smallest absolute Gasteiger partial charge is 0.175 e. The van der Waals surface area contributed by atoms with Crippen molar-refractivity contribution in [1.29, 1.82) is 0 Å². The lowest BCUT2D eigenvalue weighted by Crippen LogP contribution is -2.31. The van der Waals surface area contributed by atoms with Crippen LogP contribution in [0.5, 0.6) is 0 Å². The third-order valence-electron chi connectivity index (χ3n) is 3.54. The van der Waals surface area contributed by atoms with Crippen molar-refractivity contribution in [2.45, 2.75) is 24.3 Å². The Morgan fingerprint density at radius 2 is 2.05 bits per heavy atom. The van der Waals surface area contributed by atoms with Crippen molar-refractivity contribution in [2.75, 3.05) is 23.9 Å². The maximum atomic E-state index is 11.5. The molecule has 4 nitrogen and oxygen atoms in total. The maximum absolute atomic E-state index is 11.5. The minimum absolute atomic E-state index is 0.253. The van der Waals surface area contributed by atoms with Crippen LogP contribution < -0.4 is 10.6 Å². The predicted molar refractivity (Wildman–Crippen MR) is 89.9 cm³/mol. The summed E-state index contributed by atoms with van der Waals surface area (Å²) >= 11 is 1.74. The van der Waals surface area contributed by atoms with E-state index in [2.05, 4.69) is 23.3 Å². The number of sulfone groups is 1. The van der Waals surface area contributed by atoms with Crippen molar-refractivity contribution < 1.29 is 8.42 Å². The summed E-state index contributed by atoms with van der Waals surface area (Å²) < 4.78 is 23.1. The molecule has 0 saturated carbocycles. The van der Waals surface area contributed by atoms with Gasteiger partial charge in [0.1, 0.15) is 0 Å². The largest absolute Gasteiger partial charge is 0.397 e. The molecule has 0 fully saturated rings. The molecule has 0 amide bonds. The Balaban J connectivity index is 2.21. The second kappa shape index (κ2) is 6.07. The fourth-order valence-electron chi connectivity index (χ4n) is 2.18. The lowest BCUT2D eigenvalue weighted by atomic mass is 10.1. The van der Waals surface area contributed by atoms with Crippen molar-refractivity contribution in [2.24, 2.45) is 0 Å². The van der Waals surface area contributed by atoms with Crippen LogP contribution in [0.4, 0.5) is 11.4 Å². The standard InChI is InChI=1S/C15H20N2O2S2/c1-11(9-12-5-4-8-20-12)17(2)15-7-6-13(10-14(15)16)21(3,18)19/h4-8,10-11H,9,16H2,1-3H3. The molecular weight excluding hydrogens is 304 g/mol. The van der Waals surface area contributed by atoms with Crippen LogP contribution >= 0.6 is 11.3 Å². The van der Waals surface area contributed by atoms with Gasteiger partial charge in [-0.3, -0.25) is 0 Å². The number of nitrogens with zero attached hydrogens (tertiary/aromatic N) is 1. The van der Waals surface area contributed by atoms with E-state index in [0.29, 0.717) is 5.69 Å². The van der Waals surface area contributed by atoms with Gasteiger partial charge in [-0.05, 0) is 36.6 Å². The van der Waals surface area contributed by atoms with Crippen molar-refractivity contribution in [3.63, 3.8) is 0 Å². The lowest BCUT2D eigenvalue weighted by molar-refractivity contribution is 0.602. The van der Waals surface area contributed by atoms with Gasteiger partial charge < -0.3 is 10.6 Å². The van der Waals surface area contributed by atoms with Crippen LogP contribution in [0.15, 0.2) is 40.6 Å². The first-order chi connectivity index (χ1) is 9.79.